The summed E-state index contributed by atoms with van der Waals surface area (Å²) < 4.78 is 14.7. The molecular formula is C13H12ClFN4O2. The number of aryl methyl sites for hydroxylation is 2. The molecule has 0 atom stereocenters. The van der Waals surface area contributed by atoms with Crippen molar-refractivity contribution in [3.05, 3.63) is 50.7 Å². The Hall–Kier alpha value is -2.41. The second-order valence-corrected chi connectivity index (χ2v) is 4.82. The van der Waals surface area contributed by atoms with Crippen LogP contribution in [-0.4, -0.2) is 15.7 Å². The van der Waals surface area contributed by atoms with Crippen LogP contribution in [0.2, 0.25) is 5.02 Å². The molecule has 0 unspecified atom stereocenters. The molecule has 2 rings (SSSR count). The Balaban J connectivity index is 2.60. The lowest BCUT2D eigenvalue weighted by Crippen LogP contribution is -2.27. The van der Waals surface area contributed by atoms with Gasteiger partial charge in [0.15, 0.2) is 5.69 Å². The third-order valence-corrected chi connectivity index (χ3v) is 3.16. The van der Waals surface area contributed by atoms with Gasteiger partial charge in [-0.15, -0.1) is 0 Å². The molecule has 6 nitrogen and oxygen atoms in total. The topological polar surface area (TPSA) is 90.0 Å². The van der Waals surface area contributed by atoms with Gasteiger partial charge in [-0.2, -0.15) is 5.10 Å². The van der Waals surface area contributed by atoms with Gasteiger partial charge in [0, 0.05) is 7.05 Å². The van der Waals surface area contributed by atoms with Crippen LogP contribution in [-0.2, 0) is 7.05 Å². The Morgan fingerprint density at radius 3 is 2.71 bits per heavy atom. The fourth-order valence-corrected chi connectivity index (χ4v) is 2.00. The van der Waals surface area contributed by atoms with Gasteiger partial charge in [0.05, 0.1) is 11.4 Å². The van der Waals surface area contributed by atoms with Gasteiger partial charge < -0.3 is 11.1 Å². The maximum atomic E-state index is 13.9. The van der Waals surface area contributed by atoms with E-state index in [1.807, 2.05) is 0 Å². The summed E-state index contributed by atoms with van der Waals surface area (Å²) in [4.78, 5) is 23.2. The number of halogens is 2. The lowest BCUT2D eigenvalue weighted by atomic mass is 10.2. The third-order valence-electron chi connectivity index (χ3n) is 2.81. The molecular weight excluding hydrogens is 299 g/mol. The summed E-state index contributed by atoms with van der Waals surface area (Å²) in [5, 5.41) is 6.05. The highest BCUT2D eigenvalue weighted by atomic mass is 35.5. The average Bonchev–Trinajstić information content (AvgIpc) is 2.41. The second-order valence-electron chi connectivity index (χ2n) is 4.44. The minimum Gasteiger partial charge on any atom is -0.364 e. The number of rotatable bonds is 3. The van der Waals surface area contributed by atoms with Gasteiger partial charge in [-0.25, -0.2) is 9.07 Å². The number of carbonyl (C=O) groups is 1. The van der Waals surface area contributed by atoms with Gasteiger partial charge in [-0.3, -0.25) is 9.59 Å². The average molecular weight is 311 g/mol. The van der Waals surface area contributed by atoms with Crippen molar-refractivity contribution < 1.29 is 9.18 Å². The first-order chi connectivity index (χ1) is 9.81. The van der Waals surface area contributed by atoms with Crippen LogP contribution in [0.4, 0.5) is 15.8 Å². The molecule has 1 amide bonds. The second kappa shape index (κ2) is 5.53. The summed E-state index contributed by atoms with van der Waals surface area (Å²) in [5.41, 5.74) is 5.00. The van der Waals surface area contributed by atoms with E-state index in [1.165, 1.54) is 19.2 Å². The van der Waals surface area contributed by atoms with Crippen LogP contribution in [0.25, 0.3) is 0 Å². The first-order valence-electron chi connectivity index (χ1n) is 5.91. The summed E-state index contributed by atoms with van der Waals surface area (Å²) in [5.74, 6) is -1.44. The number of carbonyl (C=O) groups excluding carboxylic acids is 1. The molecule has 1 aromatic carbocycles. The van der Waals surface area contributed by atoms with Gasteiger partial charge >= 0.3 is 0 Å². The highest BCUT2D eigenvalue weighted by Gasteiger charge is 2.19. The van der Waals surface area contributed by atoms with Crippen molar-refractivity contribution in [3.8, 4) is 0 Å². The molecule has 0 aliphatic heterocycles. The van der Waals surface area contributed by atoms with Gasteiger partial charge in [-0.1, -0.05) is 17.7 Å². The first kappa shape index (κ1) is 15.0. The zero-order valence-corrected chi connectivity index (χ0v) is 12.0. The van der Waals surface area contributed by atoms with Gasteiger partial charge in [-0.05, 0) is 24.6 Å². The van der Waals surface area contributed by atoms with Crippen LogP contribution in [0.15, 0.2) is 23.0 Å². The lowest BCUT2D eigenvalue weighted by Gasteiger charge is -2.13. The molecule has 0 aliphatic rings. The van der Waals surface area contributed by atoms with Crippen molar-refractivity contribution in [2.75, 3.05) is 5.32 Å². The number of primary amides is 1. The van der Waals surface area contributed by atoms with Gasteiger partial charge in [0.25, 0.3) is 11.5 Å². The molecule has 0 spiro atoms. The molecule has 2 aromatic rings. The standard InChI is InChI=1S/C13H12ClFN4O2/c1-6-3-4-8(7(15)5-6)17-10-9(14)13(21)19(2)18-11(10)12(16)20/h3-5,17H,1-2H3,(H2,16,20). The van der Waals surface area contributed by atoms with Crippen LogP contribution in [0.3, 0.4) is 0 Å². The van der Waals surface area contributed by atoms with Crippen LogP contribution in [0, 0.1) is 12.7 Å². The summed E-state index contributed by atoms with van der Waals surface area (Å²) in [6, 6.07) is 4.43. The van der Waals surface area contributed by atoms with E-state index >= 15 is 0 Å². The zero-order chi connectivity index (χ0) is 15.7. The molecule has 0 radical (unpaired) electrons. The number of amides is 1. The van der Waals surface area contributed by atoms with E-state index in [1.54, 1.807) is 13.0 Å². The van der Waals surface area contributed by atoms with Crippen molar-refractivity contribution >= 4 is 28.9 Å². The van der Waals surface area contributed by atoms with E-state index < -0.39 is 17.3 Å². The summed E-state index contributed by atoms with van der Waals surface area (Å²) in [6.45, 7) is 1.73. The molecule has 0 saturated carbocycles. The normalized spacial score (nSPS) is 10.5. The fourth-order valence-electron chi connectivity index (χ4n) is 1.74. The molecule has 0 bridgehead atoms. The van der Waals surface area contributed by atoms with E-state index in [2.05, 4.69) is 10.4 Å². The van der Waals surface area contributed by atoms with E-state index in [-0.39, 0.29) is 22.1 Å². The minimum absolute atomic E-state index is 0.0556. The van der Waals surface area contributed by atoms with E-state index in [0.29, 0.717) is 0 Å². The Bertz CT molecular complexity index is 788. The number of hydrogen-bond acceptors (Lipinski definition) is 4. The SMILES string of the molecule is Cc1ccc(Nc2c(C(N)=O)nn(C)c(=O)c2Cl)c(F)c1. The van der Waals surface area contributed by atoms with Gasteiger partial charge in [0.1, 0.15) is 10.8 Å². The smallest absolute Gasteiger partial charge is 0.287 e. The molecule has 110 valence electrons. The molecule has 8 heteroatoms. The molecule has 0 fully saturated rings. The highest BCUT2D eigenvalue weighted by Crippen LogP contribution is 2.27. The predicted octanol–water partition coefficient (Wildman–Crippen LogP) is 1.72. The summed E-state index contributed by atoms with van der Waals surface area (Å²) >= 11 is 5.92. The van der Waals surface area contributed by atoms with E-state index in [9.17, 15) is 14.0 Å². The predicted molar refractivity (Wildman–Crippen MR) is 77.4 cm³/mol. The number of hydrogen-bond donors (Lipinski definition) is 2. The Morgan fingerprint density at radius 2 is 2.14 bits per heavy atom. The quantitative estimate of drug-likeness (QED) is 0.903. The van der Waals surface area contributed by atoms with Crippen LogP contribution < -0.4 is 16.6 Å². The van der Waals surface area contributed by atoms with E-state index in [0.717, 1.165) is 10.2 Å². The largest absolute Gasteiger partial charge is 0.364 e. The highest BCUT2D eigenvalue weighted by molar-refractivity contribution is 6.33. The van der Waals surface area contributed by atoms with Crippen LogP contribution >= 0.6 is 11.6 Å². The fraction of sp³-hybridized carbons (Fsp3) is 0.154. The Morgan fingerprint density at radius 1 is 1.48 bits per heavy atom. The molecule has 3 N–H and O–H groups in total. The number of anilines is 2. The van der Waals surface area contributed by atoms with Crippen LogP contribution in [0.1, 0.15) is 16.1 Å². The molecule has 0 saturated heterocycles. The maximum Gasteiger partial charge on any atom is 0.287 e. The zero-order valence-electron chi connectivity index (χ0n) is 11.3. The minimum atomic E-state index is -0.887. The van der Waals surface area contributed by atoms with Crippen molar-refractivity contribution in [2.45, 2.75) is 6.92 Å². The summed E-state index contributed by atoms with van der Waals surface area (Å²) in [7, 11) is 1.33. The van der Waals surface area contributed by atoms with Crippen LogP contribution in [0.5, 0.6) is 0 Å². The number of aromatic nitrogens is 2. The monoisotopic (exact) mass is 310 g/mol. The van der Waals surface area contributed by atoms with E-state index in [4.69, 9.17) is 17.3 Å². The molecule has 21 heavy (non-hydrogen) atoms. The number of nitrogens with zero attached hydrogens (tertiary/aromatic N) is 2. The molecule has 1 aromatic heterocycles. The van der Waals surface area contributed by atoms with Crippen molar-refractivity contribution in [1.29, 1.82) is 0 Å². The number of benzene rings is 1. The third kappa shape index (κ3) is 2.87. The summed E-state index contributed by atoms with van der Waals surface area (Å²) in [6.07, 6.45) is 0. The molecule has 1 heterocycles. The van der Waals surface area contributed by atoms with Crippen molar-refractivity contribution in [3.63, 3.8) is 0 Å². The lowest BCUT2D eigenvalue weighted by molar-refractivity contribution is 0.0994. The molecule has 0 aliphatic carbocycles. The number of nitrogens with one attached hydrogen (secondary N) is 1. The Labute approximate surface area is 124 Å². The maximum absolute atomic E-state index is 13.9. The van der Waals surface area contributed by atoms with Crippen molar-refractivity contribution in [1.82, 2.24) is 9.78 Å². The first-order valence-corrected chi connectivity index (χ1v) is 6.29. The van der Waals surface area contributed by atoms with Crippen molar-refractivity contribution in [2.24, 2.45) is 12.8 Å². The van der Waals surface area contributed by atoms with Gasteiger partial charge in [0.2, 0.25) is 0 Å². The number of nitrogens with two attached hydrogens (primary N) is 1. The Kier molecular flexibility index (Phi) is 3.95.